The van der Waals surface area contributed by atoms with E-state index in [1.807, 2.05) is 48.7 Å². The Kier molecular flexibility index (Phi) is 4.76. The van der Waals surface area contributed by atoms with Gasteiger partial charge in [-0.3, -0.25) is 9.78 Å². The normalized spacial score (nSPS) is 24.1. The van der Waals surface area contributed by atoms with Gasteiger partial charge in [0.05, 0.1) is 0 Å². The largest absolute Gasteiger partial charge is 0.365 e. The molecule has 2 fully saturated rings. The van der Waals surface area contributed by atoms with Gasteiger partial charge in [0.1, 0.15) is 11.4 Å². The number of carbonyl (C=O) groups excluding carboxylic acids is 1. The summed E-state index contributed by atoms with van der Waals surface area (Å²) in [5, 5.41) is 0. The summed E-state index contributed by atoms with van der Waals surface area (Å²) in [7, 11) is 0. The van der Waals surface area contributed by atoms with Crippen LogP contribution in [0.1, 0.15) is 49.9 Å². The zero-order valence-corrected chi connectivity index (χ0v) is 15.3. The molecule has 2 aliphatic rings. The number of rotatable bonds is 4. The van der Waals surface area contributed by atoms with Crippen molar-refractivity contribution in [2.45, 2.75) is 50.7 Å². The van der Waals surface area contributed by atoms with Gasteiger partial charge in [-0.2, -0.15) is 0 Å². The van der Waals surface area contributed by atoms with Crippen LogP contribution < -0.4 is 0 Å². The first-order valence-corrected chi connectivity index (χ1v) is 9.49. The van der Waals surface area contributed by atoms with Crippen molar-refractivity contribution in [3.8, 4) is 0 Å². The third kappa shape index (κ3) is 3.38. The smallest absolute Gasteiger partial charge is 0.254 e. The SMILES string of the molecule is CC1(C(=O)N2CCC(c3nccn3Cc3ccncc3)CC2)CCCO1. The molecule has 0 spiro atoms. The van der Waals surface area contributed by atoms with E-state index in [1.54, 1.807) is 0 Å². The highest BCUT2D eigenvalue weighted by Gasteiger charge is 2.41. The van der Waals surface area contributed by atoms with Crippen molar-refractivity contribution in [3.63, 3.8) is 0 Å². The third-order valence-corrected chi connectivity index (χ3v) is 5.67. The van der Waals surface area contributed by atoms with E-state index in [0.29, 0.717) is 12.5 Å². The molecule has 1 amide bonds. The predicted octanol–water partition coefficient (Wildman–Crippen LogP) is 2.60. The van der Waals surface area contributed by atoms with Crippen LogP contribution in [0.4, 0.5) is 0 Å². The maximum Gasteiger partial charge on any atom is 0.254 e. The molecule has 1 atom stereocenters. The van der Waals surface area contributed by atoms with Gasteiger partial charge in [-0.15, -0.1) is 0 Å². The number of pyridine rings is 1. The summed E-state index contributed by atoms with van der Waals surface area (Å²) in [6, 6.07) is 4.07. The molecule has 0 N–H and O–H groups in total. The minimum Gasteiger partial charge on any atom is -0.365 e. The molecule has 2 aliphatic heterocycles. The Morgan fingerprint density at radius 1 is 1.27 bits per heavy atom. The molecule has 2 aromatic rings. The van der Waals surface area contributed by atoms with Crippen molar-refractivity contribution in [2.75, 3.05) is 19.7 Å². The van der Waals surface area contributed by atoms with Crippen molar-refractivity contribution >= 4 is 5.91 Å². The molecule has 6 heteroatoms. The van der Waals surface area contributed by atoms with E-state index < -0.39 is 5.60 Å². The van der Waals surface area contributed by atoms with Crippen molar-refractivity contribution in [1.29, 1.82) is 0 Å². The Bertz CT molecular complexity index is 744. The summed E-state index contributed by atoms with van der Waals surface area (Å²) >= 11 is 0. The second kappa shape index (κ2) is 7.19. The molecular formula is C20H26N4O2. The summed E-state index contributed by atoms with van der Waals surface area (Å²) in [6.45, 7) is 5.01. The Morgan fingerprint density at radius 3 is 2.73 bits per heavy atom. The zero-order valence-electron chi connectivity index (χ0n) is 15.3. The van der Waals surface area contributed by atoms with Crippen LogP contribution >= 0.6 is 0 Å². The van der Waals surface area contributed by atoms with Gasteiger partial charge in [0, 0.05) is 56.9 Å². The second-order valence-electron chi connectivity index (χ2n) is 7.52. The van der Waals surface area contributed by atoms with Gasteiger partial charge in [0.2, 0.25) is 0 Å². The molecule has 2 saturated heterocycles. The van der Waals surface area contributed by atoms with Crippen LogP contribution in [0.15, 0.2) is 36.9 Å². The van der Waals surface area contributed by atoms with Crippen LogP contribution in [0.3, 0.4) is 0 Å². The topological polar surface area (TPSA) is 60.2 Å². The summed E-state index contributed by atoms with van der Waals surface area (Å²) in [4.78, 5) is 23.5. The number of likely N-dealkylation sites (tertiary alicyclic amines) is 1. The number of hydrogen-bond acceptors (Lipinski definition) is 4. The molecule has 0 aromatic carbocycles. The number of hydrogen-bond donors (Lipinski definition) is 0. The fourth-order valence-corrected chi connectivity index (χ4v) is 4.12. The number of ether oxygens (including phenoxy) is 1. The number of imidazole rings is 1. The lowest BCUT2D eigenvalue weighted by Crippen LogP contribution is -2.49. The lowest BCUT2D eigenvalue weighted by Gasteiger charge is -2.36. The zero-order chi connectivity index (χ0) is 18.0. The predicted molar refractivity (Wildman–Crippen MR) is 97.7 cm³/mol. The minimum absolute atomic E-state index is 0.161. The summed E-state index contributed by atoms with van der Waals surface area (Å²) in [5.74, 6) is 1.68. The molecule has 6 nitrogen and oxygen atoms in total. The first-order chi connectivity index (χ1) is 12.7. The molecule has 4 heterocycles. The summed E-state index contributed by atoms with van der Waals surface area (Å²) < 4.78 is 7.95. The van der Waals surface area contributed by atoms with Crippen molar-refractivity contribution in [1.82, 2.24) is 19.4 Å². The molecule has 0 radical (unpaired) electrons. The van der Waals surface area contributed by atoms with Gasteiger partial charge in [0.25, 0.3) is 5.91 Å². The van der Waals surface area contributed by atoms with Gasteiger partial charge in [0.15, 0.2) is 0 Å². The Hall–Kier alpha value is -2.21. The first-order valence-electron chi connectivity index (χ1n) is 9.49. The van der Waals surface area contributed by atoms with Crippen LogP contribution in [-0.2, 0) is 16.1 Å². The van der Waals surface area contributed by atoms with E-state index >= 15 is 0 Å². The molecule has 26 heavy (non-hydrogen) atoms. The molecule has 0 aliphatic carbocycles. The van der Waals surface area contributed by atoms with Crippen molar-refractivity contribution in [2.24, 2.45) is 0 Å². The highest BCUT2D eigenvalue weighted by molar-refractivity contribution is 5.85. The Labute approximate surface area is 154 Å². The summed E-state index contributed by atoms with van der Waals surface area (Å²) in [5.41, 5.74) is 0.616. The number of amides is 1. The maximum absolute atomic E-state index is 12.8. The van der Waals surface area contributed by atoms with Crippen molar-refractivity contribution in [3.05, 3.63) is 48.3 Å². The molecule has 138 valence electrons. The van der Waals surface area contributed by atoms with E-state index in [1.165, 1.54) is 5.56 Å². The summed E-state index contributed by atoms with van der Waals surface area (Å²) in [6.07, 6.45) is 11.3. The van der Waals surface area contributed by atoms with E-state index in [9.17, 15) is 4.79 Å². The average molecular weight is 354 g/mol. The van der Waals surface area contributed by atoms with Gasteiger partial charge < -0.3 is 14.2 Å². The molecule has 0 saturated carbocycles. The van der Waals surface area contributed by atoms with Gasteiger partial charge >= 0.3 is 0 Å². The standard InChI is InChI=1S/C20H26N4O2/c1-20(7-2-14-26-20)19(25)23-11-5-17(6-12-23)18-22-10-13-24(18)15-16-3-8-21-9-4-16/h3-4,8-10,13,17H,2,5-7,11-12,14-15H2,1H3. The third-order valence-electron chi connectivity index (χ3n) is 5.67. The maximum atomic E-state index is 12.8. The van der Waals surface area contributed by atoms with Crippen LogP contribution in [0.25, 0.3) is 0 Å². The minimum atomic E-state index is -0.605. The number of carbonyl (C=O) groups is 1. The molecule has 1 unspecified atom stereocenters. The monoisotopic (exact) mass is 354 g/mol. The fraction of sp³-hybridized carbons (Fsp3) is 0.550. The van der Waals surface area contributed by atoms with Crippen LogP contribution in [-0.4, -0.2) is 50.6 Å². The van der Waals surface area contributed by atoms with E-state index in [0.717, 1.165) is 51.1 Å². The number of aromatic nitrogens is 3. The lowest BCUT2D eigenvalue weighted by molar-refractivity contribution is -0.152. The average Bonchev–Trinajstić information content (AvgIpc) is 3.32. The second-order valence-corrected chi connectivity index (χ2v) is 7.52. The van der Waals surface area contributed by atoms with Crippen LogP contribution in [0, 0.1) is 0 Å². The highest BCUT2D eigenvalue weighted by Crippen LogP contribution is 2.32. The van der Waals surface area contributed by atoms with E-state index in [-0.39, 0.29) is 5.91 Å². The molecular weight excluding hydrogens is 328 g/mol. The number of piperidine rings is 1. The highest BCUT2D eigenvalue weighted by atomic mass is 16.5. The molecule has 4 rings (SSSR count). The first kappa shape index (κ1) is 17.2. The lowest BCUT2D eigenvalue weighted by atomic mass is 9.93. The van der Waals surface area contributed by atoms with E-state index in [4.69, 9.17) is 4.74 Å². The van der Waals surface area contributed by atoms with Crippen molar-refractivity contribution < 1.29 is 9.53 Å². The van der Waals surface area contributed by atoms with Gasteiger partial charge in [-0.25, -0.2) is 4.98 Å². The van der Waals surface area contributed by atoms with Crippen LogP contribution in [0.5, 0.6) is 0 Å². The quantitative estimate of drug-likeness (QED) is 0.847. The molecule has 0 bridgehead atoms. The molecule has 2 aromatic heterocycles. The van der Waals surface area contributed by atoms with E-state index in [2.05, 4.69) is 14.5 Å². The fourth-order valence-electron chi connectivity index (χ4n) is 4.12. The van der Waals surface area contributed by atoms with Gasteiger partial charge in [-0.1, -0.05) is 0 Å². The van der Waals surface area contributed by atoms with Gasteiger partial charge in [-0.05, 0) is 50.3 Å². The Morgan fingerprint density at radius 2 is 2.04 bits per heavy atom. The number of nitrogens with zero attached hydrogens (tertiary/aromatic N) is 4. The Balaban J connectivity index is 1.40. The van der Waals surface area contributed by atoms with Crippen LogP contribution in [0.2, 0.25) is 0 Å².